The van der Waals surface area contributed by atoms with Crippen molar-refractivity contribution in [3.63, 3.8) is 0 Å². The molecule has 0 atom stereocenters. The van der Waals surface area contributed by atoms with Gasteiger partial charge in [0.2, 0.25) is 0 Å². The van der Waals surface area contributed by atoms with Crippen LogP contribution in [0.4, 0.5) is 20.2 Å². The molecular formula is C15H16F2N2S. The van der Waals surface area contributed by atoms with E-state index in [9.17, 15) is 8.78 Å². The van der Waals surface area contributed by atoms with Gasteiger partial charge < -0.3 is 10.6 Å². The number of rotatable bonds is 5. The van der Waals surface area contributed by atoms with Gasteiger partial charge in [-0.3, -0.25) is 0 Å². The second-order valence-electron chi connectivity index (χ2n) is 5.11. The van der Waals surface area contributed by atoms with Gasteiger partial charge in [-0.15, -0.1) is 0 Å². The van der Waals surface area contributed by atoms with E-state index in [0.717, 1.165) is 12.8 Å². The molecule has 1 aliphatic rings. The molecule has 106 valence electrons. The van der Waals surface area contributed by atoms with E-state index in [4.69, 9.17) is 5.73 Å². The molecule has 1 saturated carbocycles. The molecule has 5 heteroatoms. The van der Waals surface area contributed by atoms with Crippen LogP contribution in [-0.4, -0.2) is 6.04 Å². The molecule has 1 aliphatic carbocycles. The molecule has 0 bridgehead atoms. The van der Waals surface area contributed by atoms with E-state index in [-0.39, 0.29) is 5.56 Å². The highest BCUT2D eigenvalue weighted by molar-refractivity contribution is 7.07. The topological polar surface area (TPSA) is 29.3 Å². The van der Waals surface area contributed by atoms with Crippen molar-refractivity contribution in [3.8, 4) is 0 Å². The number of thiophene rings is 1. The molecule has 2 aromatic rings. The first-order valence-electron chi connectivity index (χ1n) is 6.60. The number of hydrogen-bond acceptors (Lipinski definition) is 3. The van der Waals surface area contributed by atoms with Crippen molar-refractivity contribution in [2.45, 2.75) is 31.9 Å². The van der Waals surface area contributed by atoms with Gasteiger partial charge in [-0.05, 0) is 53.4 Å². The van der Waals surface area contributed by atoms with Crippen LogP contribution in [0.25, 0.3) is 0 Å². The maximum Gasteiger partial charge on any atom is 0.265 e. The average molecular weight is 294 g/mol. The Kier molecular flexibility index (Phi) is 3.61. The summed E-state index contributed by atoms with van der Waals surface area (Å²) in [6, 6.07) is 7.23. The summed E-state index contributed by atoms with van der Waals surface area (Å²) in [4.78, 5) is 2.09. The molecule has 0 spiro atoms. The highest BCUT2D eigenvalue weighted by Crippen LogP contribution is 2.39. The first-order valence-corrected chi connectivity index (χ1v) is 7.54. The average Bonchev–Trinajstić information content (AvgIpc) is 3.13. The van der Waals surface area contributed by atoms with E-state index in [0.29, 0.717) is 24.0 Å². The van der Waals surface area contributed by atoms with Gasteiger partial charge in [0.25, 0.3) is 6.43 Å². The van der Waals surface area contributed by atoms with Crippen LogP contribution in [0.1, 0.15) is 30.4 Å². The summed E-state index contributed by atoms with van der Waals surface area (Å²) in [6.07, 6.45) is -0.369. The monoisotopic (exact) mass is 294 g/mol. The summed E-state index contributed by atoms with van der Waals surface area (Å²) >= 11 is 1.63. The van der Waals surface area contributed by atoms with E-state index < -0.39 is 6.43 Å². The van der Waals surface area contributed by atoms with E-state index in [1.807, 2.05) is 11.4 Å². The Morgan fingerprint density at radius 3 is 2.70 bits per heavy atom. The number of nitrogen functional groups attached to an aromatic ring is 1. The molecule has 1 aromatic heterocycles. The molecule has 0 amide bonds. The molecule has 20 heavy (non-hydrogen) atoms. The lowest BCUT2D eigenvalue weighted by atomic mass is 10.1. The third kappa shape index (κ3) is 2.77. The zero-order chi connectivity index (χ0) is 14.1. The van der Waals surface area contributed by atoms with Gasteiger partial charge in [0.15, 0.2) is 0 Å². The van der Waals surface area contributed by atoms with Gasteiger partial charge in [-0.25, -0.2) is 8.78 Å². The summed E-state index contributed by atoms with van der Waals surface area (Å²) in [5, 5.41) is 4.08. The summed E-state index contributed by atoms with van der Waals surface area (Å²) in [6.45, 7) is 0.678. The van der Waals surface area contributed by atoms with Crippen molar-refractivity contribution in [2.24, 2.45) is 0 Å². The van der Waals surface area contributed by atoms with Crippen LogP contribution in [0.2, 0.25) is 0 Å². The largest absolute Gasteiger partial charge is 0.399 e. The number of halogens is 2. The second kappa shape index (κ2) is 5.40. The van der Waals surface area contributed by atoms with Crippen molar-refractivity contribution >= 4 is 22.7 Å². The normalized spacial score (nSPS) is 14.8. The zero-order valence-electron chi connectivity index (χ0n) is 10.9. The van der Waals surface area contributed by atoms with Gasteiger partial charge >= 0.3 is 0 Å². The predicted octanol–water partition coefficient (Wildman–Crippen LogP) is 4.44. The quantitative estimate of drug-likeness (QED) is 0.826. The zero-order valence-corrected chi connectivity index (χ0v) is 11.7. The summed E-state index contributed by atoms with van der Waals surface area (Å²) in [5.74, 6) is 0. The standard InChI is InChI=1S/C15H16F2N2S/c16-15(17)13-7-11(18)1-4-14(13)19(12-2-3-12)8-10-5-6-20-9-10/h1,4-7,9,12,15H,2-3,8,18H2. The fourth-order valence-electron chi connectivity index (χ4n) is 2.39. The molecule has 1 aromatic carbocycles. The smallest absolute Gasteiger partial charge is 0.265 e. The molecule has 1 heterocycles. The molecule has 0 unspecified atom stereocenters. The Morgan fingerprint density at radius 2 is 2.10 bits per heavy atom. The predicted molar refractivity (Wildman–Crippen MR) is 79.3 cm³/mol. The second-order valence-corrected chi connectivity index (χ2v) is 5.89. The van der Waals surface area contributed by atoms with Crippen LogP contribution < -0.4 is 10.6 Å². The number of anilines is 2. The van der Waals surface area contributed by atoms with Crippen LogP contribution >= 0.6 is 11.3 Å². The SMILES string of the molecule is Nc1ccc(N(Cc2ccsc2)C2CC2)c(C(F)F)c1. The molecule has 0 radical (unpaired) electrons. The Bertz CT molecular complexity index is 580. The van der Waals surface area contributed by atoms with E-state index in [1.54, 1.807) is 23.5 Å². The highest BCUT2D eigenvalue weighted by atomic mass is 32.1. The molecular weight excluding hydrogens is 278 g/mol. The lowest BCUT2D eigenvalue weighted by molar-refractivity contribution is 0.152. The number of alkyl halides is 2. The minimum atomic E-state index is -2.50. The molecule has 1 fully saturated rings. The summed E-state index contributed by atoms with van der Waals surface area (Å²) < 4.78 is 26.5. The van der Waals surface area contributed by atoms with Gasteiger partial charge in [0.05, 0.1) is 0 Å². The number of nitrogens with zero attached hydrogens (tertiary/aromatic N) is 1. The Labute approximate surface area is 120 Å². The third-order valence-corrected chi connectivity index (χ3v) is 4.25. The van der Waals surface area contributed by atoms with Crippen LogP contribution in [0.3, 0.4) is 0 Å². The summed E-state index contributed by atoms with van der Waals surface area (Å²) in [7, 11) is 0. The minimum Gasteiger partial charge on any atom is -0.399 e. The minimum absolute atomic E-state index is 0.0344. The van der Waals surface area contributed by atoms with Crippen molar-refractivity contribution in [1.82, 2.24) is 0 Å². The number of hydrogen-bond donors (Lipinski definition) is 1. The molecule has 0 saturated heterocycles. The Morgan fingerprint density at radius 1 is 1.30 bits per heavy atom. The van der Waals surface area contributed by atoms with E-state index in [2.05, 4.69) is 10.3 Å². The van der Waals surface area contributed by atoms with Crippen molar-refractivity contribution < 1.29 is 8.78 Å². The van der Waals surface area contributed by atoms with Crippen molar-refractivity contribution in [3.05, 3.63) is 46.2 Å². The molecule has 0 aliphatic heterocycles. The van der Waals surface area contributed by atoms with Gasteiger partial charge in [-0.1, -0.05) is 0 Å². The fraction of sp³-hybridized carbons (Fsp3) is 0.333. The van der Waals surface area contributed by atoms with Gasteiger partial charge in [-0.2, -0.15) is 11.3 Å². The van der Waals surface area contributed by atoms with Crippen LogP contribution in [-0.2, 0) is 6.54 Å². The number of benzene rings is 1. The van der Waals surface area contributed by atoms with Crippen molar-refractivity contribution in [2.75, 3.05) is 10.6 Å². The molecule has 2 nitrogen and oxygen atoms in total. The lowest BCUT2D eigenvalue weighted by Crippen LogP contribution is -2.26. The Hall–Kier alpha value is -1.62. The lowest BCUT2D eigenvalue weighted by Gasteiger charge is -2.27. The Balaban J connectivity index is 1.95. The maximum atomic E-state index is 13.3. The number of nitrogens with two attached hydrogens (primary N) is 1. The molecule has 2 N–H and O–H groups in total. The fourth-order valence-corrected chi connectivity index (χ4v) is 3.05. The van der Waals surface area contributed by atoms with Crippen LogP contribution in [0.5, 0.6) is 0 Å². The molecule has 3 rings (SSSR count). The van der Waals surface area contributed by atoms with Gasteiger partial charge in [0, 0.05) is 29.5 Å². The van der Waals surface area contributed by atoms with Crippen LogP contribution in [0.15, 0.2) is 35.0 Å². The highest BCUT2D eigenvalue weighted by Gasteiger charge is 2.31. The summed E-state index contributed by atoms with van der Waals surface area (Å²) in [5.41, 5.74) is 7.84. The van der Waals surface area contributed by atoms with Crippen LogP contribution in [0, 0.1) is 0 Å². The first-order chi connectivity index (χ1) is 9.65. The maximum absolute atomic E-state index is 13.3. The van der Waals surface area contributed by atoms with E-state index in [1.165, 1.54) is 11.6 Å². The van der Waals surface area contributed by atoms with Crippen molar-refractivity contribution in [1.29, 1.82) is 0 Å². The third-order valence-electron chi connectivity index (χ3n) is 3.52. The first kappa shape index (κ1) is 13.4. The van der Waals surface area contributed by atoms with E-state index >= 15 is 0 Å². The van der Waals surface area contributed by atoms with Gasteiger partial charge in [0.1, 0.15) is 0 Å².